The number of hydrogen-bond donors (Lipinski definition) is 2. The fourth-order valence-electron chi connectivity index (χ4n) is 2.05. The molecule has 0 aromatic carbocycles. The van der Waals surface area contributed by atoms with Crippen molar-refractivity contribution in [2.75, 3.05) is 6.54 Å². The summed E-state index contributed by atoms with van der Waals surface area (Å²) in [5.41, 5.74) is 1.27. The molecule has 2 rings (SSSR count). The van der Waals surface area contributed by atoms with Crippen LogP contribution in [0.5, 0.6) is 0 Å². The van der Waals surface area contributed by atoms with Crippen LogP contribution in [0.25, 0.3) is 0 Å². The standard InChI is InChI=1S/C13H17N3O2/c17-12-8-11(15-9-16-12)13(18)14-7-6-10-4-2-1-3-5-10/h4,8-9H,1-3,5-7H2,(H,14,18)(H,15,16,17). The summed E-state index contributed by atoms with van der Waals surface area (Å²) in [5, 5.41) is 2.78. The Morgan fingerprint density at radius 2 is 2.33 bits per heavy atom. The number of carbonyl (C=O) groups is 1. The van der Waals surface area contributed by atoms with E-state index in [0.717, 1.165) is 19.3 Å². The van der Waals surface area contributed by atoms with E-state index < -0.39 is 0 Å². The number of carbonyl (C=O) groups excluding carboxylic acids is 1. The van der Waals surface area contributed by atoms with Crippen LogP contribution in [0.4, 0.5) is 0 Å². The molecule has 0 aliphatic heterocycles. The Balaban J connectivity index is 1.81. The summed E-state index contributed by atoms with van der Waals surface area (Å²) in [4.78, 5) is 28.9. The Hall–Kier alpha value is -1.91. The number of nitrogens with zero attached hydrogens (tertiary/aromatic N) is 1. The van der Waals surface area contributed by atoms with Gasteiger partial charge in [0.15, 0.2) is 0 Å². The van der Waals surface area contributed by atoms with Crippen molar-refractivity contribution in [3.05, 3.63) is 40.1 Å². The lowest BCUT2D eigenvalue weighted by Crippen LogP contribution is -2.27. The Morgan fingerprint density at radius 3 is 3.06 bits per heavy atom. The van der Waals surface area contributed by atoms with E-state index in [-0.39, 0.29) is 17.2 Å². The molecule has 0 fully saturated rings. The lowest BCUT2D eigenvalue weighted by atomic mass is 9.97. The van der Waals surface area contributed by atoms with Gasteiger partial charge in [0.1, 0.15) is 5.69 Å². The first-order valence-electron chi connectivity index (χ1n) is 6.26. The first kappa shape index (κ1) is 12.5. The fourth-order valence-corrected chi connectivity index (χ4v) is 2.05. The molecule has 1 aromatic rings. The van der Waals surface area contributed by atoms with Gasteiger partial charge >= 0.3 is 0 Å². The molecule has 1 aliphatic rings. The van der Waals surface area contributed by atoms with E-state index in [1.54, 1.807) is 0 Å². The zero-order valence-corrected chi connectivity index (χ0v) is 10.2. The summed E-state index contributed by atoms with van der Waals surface area (Å²) in [7, 11) is 0. The Morgan fingerprint density at radius 1 is 1.44 bits per heavy atom. The normalized spacial score (nSPS) is 15.0. The summed E-state index contributed by atoms with van der Waals surface area (Å²) in [6.07, 6.45) is 9.19. The van der Waals surface area contributed by atoms with Gasteiger partial charge in [0.25, 0.3) is 11.5 Å². The van der Waals surface area contributed by atoms with Gasteiger partial charge in [-0.3, -0.25) is 9.59 Å². The van der Waals surface area contributed by atoms with Gasteiger partial charge < -0.3 is 10.3 Å². The van der Waals surface area contributed by atoms with E-state index in [9.17, 15) is 9.59 Å². The van der Waals surface area contributed by atoms with Crippen LogP contribution in [0.3, 0.4) is 0 Å². The first-order valence-corrected chi connectivity index (χ1v) is 6.26. The van der Waals surface area contributed by atoms with Crippen LogP contribution in [-0.2, 0) is 0 Å². The van der Waals surface area contributed by atoms with Crippen LogP contribution < -0.4 is 10.9 Å². The topological polar surface area (TPSA) is 74.8 Å². The average Bonchev–Trinajstić information content (AvgIpc) is 2.40. The van der Waals surface area contributed by atoms with E-state index in [2.05, 4.69) is 21.4 Å². The molecule has 0 spiro atoms. The number of rotatable bonds is 4. The van der Waals surface area contributed by atoms with Crippen LogP contribution in [-0.4, -0.2) is 22.4 Å². The van der Waals surface area contributed by atoms with Gasteiger partial charge in [-0.1, -0.05) is 11.6 Å². The molecule has 1 amide bonds. The number of aromatic amines is 1. The second kappa shape index (κ2) is 6.14. The van der Waals surface area contributed by atoms with E-state index in [1.807, 2.05) is 0 Å². The van der Waals surface area contributed by atoms with Gasteiger partial charge in [-0.15, -0.1) is 0 Å². The minimum absolute atomic E-state index is 0.163. The summed E-state index contributed by atoms with van der Waals surface area (Å²) in [6.45, 7) is 0.596. The number of amides is 1. The summed E-state index contributed by atoms with van der Waals surface area (Å²) >= 11 is 0. The first-order chi connectivity index (χ1) is 8.75. The Kier molecular flexibility index (Phi) is 4.28. The van der Waals surface area contributed by atoms with E-state index in [4.69, 9.17) is 0 Å². The van der Waals surface area contributed by atoms with E-state index in [0.29, 0.717) is 6.54 Å². The third-order valence-corrected chi connectivity index (χ3v) is 3.03. The minimum atomic E-state index is -0.315. The number of H-pyrrole nitrogens is 1. The smallest absolute Gasteiger partial charge is 0.270 e. The largest absolute Gasteiger partial charge is 0.350 e. The molecule has 0 atom stereocenters. The fraction of sp³-hybridized carbons (Fsp3) is 0.462. The number of aromatic nitrogens is 2. The quantitative estimate of drug-likeness (QED) is 0.789. The average molecular weight is 247 g/mol. The number of hydrogen-bond acceptors (Lipinski definition) is 3. The number of allylic oxidation sites excluding steroid dienone is 1. The zero-order valence-electron chi connectivity index (χ0n) is 10.2. The third kappa shape index (κ3) is 3.55. The van der Waals surface area contributed by atoms with Crippen LogP contribution in [0, 0.1) is 0 Å². The molecule has 18 heavy (non-hydrogen) atoms. The van der Waals surface area contributed by atoms with Crippen molar-refractivity contribution in [1.29, 1.82) is 0 Å². The van der Waals surface area contributed by atoms with Crippen molar-refractivity contribution in [3.8, 4) is 0 Å². The molecule has 1 aliphatic carbocycles. The van der Waals surface area contributed by atoms with Crippen molar-refractivity contribution in [3.63, 3.8) is 0 Å². The molecule has 1 aromatic heterocycles. The third-order valence-electron chi connectivity index (χ3n) is 3.03. The predicted molar refractivity (Wildman–Crippen MR) is 68.4 cm³/mol. The maximum Gasteiger partial charge on any atom is 0.270 e. The second-order valence-corrected chi connectivity index (χ2v) is 4.41. The molecule has 5 heteroatoms. The van der Waals surface area contributed by atoms with Crippen molar-refractivity contribution >= 4 is 5.91 Å². The van der Waals surface area contributed by atoms with Gasteiger partial charge in [0.2, 0.25) is 0 Å². The van der Waals surface area contributed by atoms with Crippen molar-refractivity contribution in [2.45, 2.75) is 32.1 Å². The SMILES string of the molecule is O=C(NCCC1=CCCCC1)c1cc(=O)[nH]cn1. The Bertz CT molecular complexity index is 505. The van der Waals surface area contributed by atoms with Gasteiger partial charge in [0.05, 0.1) is 6.33 Å². The van der Waals surface area contributed by atoms with Crippen LogP contribution in [0.15, 0.2) is 28.8 Å². The molecule has 5 nitrogen and oxygen atoms in total. The molecule has 0 radical (unpaired) electrons. The van der Waals surface area contributed by atoms with Crippen molar-refractivity contribution in [1.82, 2.24) is 15.3 Å². The van der Waals surface area contributed by atoms with Gasteiger partial charge in [-0.2, -0.15) is 0 Å². The molecule has 96 valence electrons. The maximum absolute atomic E-state index is 11.7. The van der Waals surface area contributed by atoms with Gasteiger partial charge in [0, 0.05) is 12.6 Å². The lowest BCUT2D eigenvalue weighted by Gasteiger charge is -2.12. The molecule has 0 saturated carbocycles. The Labute approximate surface area is 105 Å². The van der Waals surface area contributed by atoms with Gasteiger partial charge in [-0.25, -0.2) is 4.98 Å². The summed E-state index contributed by atoms with van der Waals surface area (Å²) in [6, 6.07) is 1.20. The summed E-state index contributed by atoms with van der Waals surface area (Å²) < 4.78 is 0. The second-order valence-electron chi connectivity index (χ2n) is 4.41. The minimum Gasteiger partial charge on any atom is -0.350 e. The molecule has 2 N–H and O–H groups in total. The molecule has 1 heterocycles. The summed E-state index contributed by atoms with van der Waals surface area (Å²) in [5.74, 6) is -0.294. The van der Waals surface area contributed by atoms with Gasteiger partial charge in [-0.05, 0) is 32.1 Å². The molecular formula is C13H17N3O2. The van der Waals surface area contributed by atoms with E-state index >= 15 is 0 Å². The van der Waals surface area contributed by atoms with Crippen molar-refractivity contribution in [2.24, 2.45) is 0 Å². The molecule has 0 bridgehead atoms. The monoisotopic (exact) mass is 247 g/mol. The highest BCUT2D eigenvalue weighted by Crippen LogP contribution is 2.19. The molecule has 0 saturated heterocycles. The van der Waals surface area contributed by atoms with Crippen LogP contribution >= 0.6 is 0 Å². The maximum atomic E-state index is 11.7. The van der Waals surface area contributed by atoms with Crippen LogP contribution in [0.2, 0.25) is 0 Å². The van der Waals surface area contributed by atoms with Crippen molar-refractivity contribution < 1.29 is 4.79 Å². The lowest BCUT2D eigenvalue weighted by molar-refractivity contribution is 0.0948. The molecular weight excluding hydrogens is 230 g/mol. The zero-order chi connectivity index (χ0) is 12.8. The van der Waals surface area contributed by atoms with E-state index in [1.165, 1.54) is 30.8 Å². The highest BCUT2D eigenvalue weighted by Gasteiger charge is 2.08. The number of nitrogens with one attached hydrogen (secondary N) is 2. The highest BCUT2D eigenvalue weighted by atomic mass is 16.2. The predicted octanol–water partition coefficient (Wildman–Crippen LogP) is 1.39. The highest BCUT2D eigenvalue weighted by molar-refractivity contribution is 5.91. The molecule has 0 unspecified atom stereocenters. The van der Waals surface area contributed by atoms with Crippen LogP contribution in [0.1, 0.15) is 42.6 Å².